The average Bonchev–Trinajstić information content (AvgIpc) is 2.66. The molecule has 1 aromatic rings. The lowest BCUT2D eigenvalue weighted by molar-refractivity contribution is 0.521. The SMILES string of the molecule is CC(C)Cn1cnc(S(=O)(=O)NCCCN)c1. The molecule has 98 valence electrons. The van der Waals surface area contributed by atoms with Gasteiger partial charge in [-0.25, -0.2) is 18.1 Å². The number of aromatic nitrogens is 2. The van der Waals surface area contributed by atoms with Gasteiger partial charge in [-0.15, -0.1) is 0 Å². The van der Waals surface area contributed by atoms with Crippen LogP contribution in [-0.2, 0) is 16.6 Å². The highest BCUT2D eigenvalue weighted by atomic mass is 32.2. The third-order valence-electron chi connectivity index (χ3n) is 2.13. The van der Waals surface area contributed by atoms with E-state index in [0.29, 0.717) is 25.4 Å². The first-order valence-corrected chi connectivity index (χ1v) is 7.15. The van der Waals surface area contributed by atoms with Crippen molar-refractivity contribution in [3.8, 4) is 0 Å². The summed E-state index contributed by atoms with van der Waals surface area (Å²) >= 11 is 0. The first kappa shape index (κ1) is 14.1. The molecule has 0 saturated carbocycles. The van der Waals surface area contributed by atoms with E-state index < -0.39 is 10.0 Å². The van der Waals surface area contributed by atoms with Gasteiger partial charge in [-0.05, 0) is 18.9 Å². The summed E-state index contributed by atoms with van der Waals surface area (Å²) in [6, 6.07) is 0. The minimum atomic E-state index is -3.48. The topological polar surface area (TPSA) is 90.0 Å². The van der Waals surface area contributed by atoms with Gasteiger partial charge in [-0.2, -0.15) is 0 Å². The van der Waals surface area contributed by atoms with Crippen LogP contribution < -0.4 is 10.5 Å². The summed E-state index contributed by atoms with van der Waals surface area (Å²) in [7, 11) is -3.48. The van der Waals surface area contributed by atoms with Gasteiger partial charge in [-0.1, -0.05) is 13.8 Å². The van der Waals surface area contributed by atoms with Crippen molar-refractivity contribution in [1.29, 1.82) is 0 Å². The Labute approximate surface area is 102 Å². The molecule has 7 heteroatoms. The number of nitrogens with zero attached hydrogens (tertiary/aromatic N) is 2. The Hall–Kier alpha value is -0.920. The molecule has 0 aliphatic heterocycles. The number of rotatable bonds is 7. The highest BCUT2D eigenvalue weighted by molar-refractivity contribution is 7.89. The van der Waals surface area contributed by atoms with Crippen molar-refractivity contribution in [3.63, 3.8) is 0 Å². The monoisotopic (exact) mass is 260 g/mol. The molecule has 0 spiro atoms. The molecule has 0 unspecified atom stereocenters. The average molecular weight is 260 g/mol. The number of hydrogen-bond acceptors (Lipinski definition) is 4. The van der Waals surface area contributed by atoms with Gasteiger partial charge in [0, 0.05) is 19.3 Å². The van der Waals surface area contributed by atoms with Crippen LogP contribution in [0, 0.1) is 5.92 Å². The number of hydrogen-bond donors (Lipinski definition) is 2. The summed E-state index contributed by atoms with van der Waals surface area (Å²) < 4.78 is 27.8. The fraction of sp³-hybridized carbons (Fsp3) is 0.700. The lowest BCUT2D eigenvalue weighted by atomic mass is 10.2. The predicted molar refractivity (Wildman–Crippen MR) is 65.9 cm³/mol. The van der Waals surface area contributed by atoms with Crippen LogP contribution in [-0.4, -0.2) is 31.1 Å². The zero-order valence-corrected chi connectivity index (χ0v) is 11.1. The van der Waals surface area contributed by atoms with Crippen LogP contribution in [0.3, 0.4) is 0 Å². The molecule has 0 fully saturated rings. The Bertz CT molecular complexity index is 439. The predicted octanol–water partition coefficient (Wildman–Crippen LogP) is 0.166. The Balaban J connectivity index is 2.68. The van der Waals surface area contributed by atoms with E-state index in [1.165, 1.54) is 6.33 Å². The standard InChI is InChI=1S/C10H20N4O2S/c1-9(2)6-14-7-10(12-8-14)17(15,16)13-5-3-4-11/h7-9,13H,3-6,11H2,1-2H3. The summed E-state index contributed by atoms with van der Waals surface area (Å²) in [6.45, 7) is 5.69. The molecular weight excluding hydrogens is 240 g/mol. The van der Waals surface area contributed by atoms with Crippen LogP contribution in [0.25, 0.3) is 0 Å². The zero-order valence-electron chi connectivity index (χ0n) is 10.3. The maximum absolute atomic E-state index is 11.8. The van der Waals surface area contributed by atoms with Crippen molar-refractivity contribution in [1.82, 2.24) is 14.3 Å². The molecule has 17 heavy (non-hydrogen) atoms. The Morgan fingerprint density at radius 2 is 2.24 bits per heavy atom. The minimum absolute atomic E-state index is 0.0650. The van der Waals surface area contributed by atoms with Gasteiger partial charge in [0.1, 0.15) is 0 Å². The first-order chi connectivity index (χ1) is 7.95. The number of nitrogens with one attached hydrogen (secondary N) is 1. The maximum atomic E-state index is 11.8. The van der Waals surface area contributed by atoms with Gasteiger partial charge in [0.25, 0.3) is 10.0 Å². The molecule has 0 atom stereocenters. The van der Waals surface area contributed by atoms with Crippen molar-refractivity contribution >= 4 is 10.0 Å². The van der Waals surface area contributed by atoms with E-state index in [9.17, 15) is 8.42 Å². The Kier molecular flexibility index (Phi) is 5.10. The highest BCUT2D eigenvalue weighted by Crippen LogP contribution is 2.07. The largest absolute Gasteiger partial charge is 0.336 e. The molecule has 0 aromatic carbocycles. The molecule has 0 aliphatic rings. The molecule has 1 aromatic heterocycles. The van der Waals surface area contributed by atoms with Crippen LogP contribution in [0.5, 0.6) is 0 Å². The summed E-state index contributed by atoms with van der Waals surface area (Å²) in [6.07, 6.45) is 3.70. The summed E-state index contributed by atoms with van der Waals surface area (Å²) in [5, 5.41) is 0.0650. The minimum Gasteiger partial charge on any atom is -0.336 e. The molecule has 0 aliphatic carbocycles. The van der Waals surface area contributed by atoms with Gasteiger partial charge in [0.2, 0.25) is 0 Å². The second-order valence-corrected chi connectivity index (χ2v) is 6.06. The quantitative estimate of drug-likeness (QED) is 0.684. The molecule has 1 rings (SSSR count). The number of sulfonamides is 1. The number of imidazole rings is 1. The molecule has 0 amide bonds. The van der Waals surface area contributed by atoms with E-state index in [1.54, 1.807) is 10.8 Å². The lowest BCUT2D eigenvalue weighted by Crippen LogP contribution is -2.26. The van der Waals surface area contributed by atoms with E-state index in [2.05, 4.69) is 23.6 Å². The van der Waals surface area contributed by atoms with Crippen LogP contribution in [0.4, 0.5) is 0 Å². The third-order valence-corrected chi connectivity index (χ3v) is 3.48. The molecule has 1 heterocycles. The maximum Gasteiger partial charge on any atom is 0.259 e. The molecule has 3 N–H and O–H groups in total. The van der Waals surface area contributed by atoms with Gasteiger partial charge in [0.05, 0.1) is 6.33 Å². The molecular formula is C10H20N4O2S. The smallest absolute Gasteiger partial charge is 0.259 e. The molecule has 0 saturated heterocycles. The number of nitrogens with two attached hydrogens (primary N) is 1. The highest BCUT2D eigenvalue weighted by Gasteiger charge is 2.16. The van der Waals surface area contributed by atoms with Crippen molar-refractivity contribution in [2.24, 2.45) is 11.7 Å². The van der Waals surface area contributed by atoms with Crippen molar-refractivity contribution < 1.29 is 8.42 Å². The van der Waals surface area contributed by atoms with E-state index in [0.717, 1.165) is 6.54 Å². The summed E-state index contributed by atoms with van der Waals surface area (Å²) in [5.41, 5.74) is 5.30. The van der Waals surface area contributed by atoms with Crippen LogP contribution in [0.1, 0.15) is 20.3 Å². The second kappa shape index (κ2) is 6.13. The third kappa shape index (κ3) is 4.45. The molecule has 6 nitrogen and oxygen atoms in total. The molecule has 0 radical (unpaired) electrons. The van der Waals surface area contributed by atoms with Gasteiger partial charge < -0.3 is 10.3 Å². The van der Waals surface area contributed by atoms with E-state index in [1.807, 2.05) is 0 Å². The van der Waals surface area contributed by atoms with E-state index in [4.69, 9.17) is 5.73 Å². The van der Waals surface area contributed by atoms with Gasteiger partial charge >= 0.3 is 0 Å². The van der Waals surface area contributed by atoms with E-state index in [-0.39, 0.29) is 5.03 Å². The first-order valence-electron chi connectivity index (χ1n) is 5.67. The summed E-state index contributed by atoms with van der Waals surface area (Å²) in [5.74, 6) is 0.449. The zero-order chi connectivity index (χ0) is 12.9. The fourth-order valence-corrected chi connectivity index (χ4v) is 2.40. The molecule has 0 bridgehead atoms. The fourth-order valence-electron chi connectivity index (χ4n) is 1.38. The summed E-state index contributed by atoms with van der Waals surface area (Å²) in [4.78, 5) is 3.90. The van der Waals surface area contributed by atoms with Crippen molar-refractivity contribution in [2.75, 3.05) is 13.1 Å². The Morgan fingerprint density at radius 3 is 2.82 bits per heavy atom. The van der Waals surface area contributed by atoms with Crippen LogP contribution in [0.2, 0.25) is 0 Å². The van der Waals surface area contributed by atoms with Crippen LogP contribution >= 0.6 is 0 Å². The lowest BCUT2D eigenvalue weighted by Gasteiger charge is -2.04. The van der Waals surface area contributed by atoms with Gasteiger partial charge in [0.15, 0.2) is 5.03 Å². The van der Waals surface area contributed by atoms with Crippen LogP contribution in [0.15, 0.2) is 17.6 Å². The second-order valence-electron chi connectivity index (χ2n) is 4.34. The Morgan fingerprint density at radius 1 is 1.53 bits per heavy atom. The normalized spacial score (nSPS) is 12.2. The van der Waals surface area contributed by atoms with Crippen molar-refractivity contribution in [3.05, 3.63) is 12.5 Å². The van der Waals surface area contributed by atoms with Gasteiger partial charge in [-0.3, -0.25) is 0 Å². The van der Waals surface area contributed by atoms with Crippen molar-refractivity contribution in [2.45, 2.75) is 31.8 Å². The van der Waals surface area contributed by atoms with E-state index >= 15 is 0 Å².